The van der Waals surface area contributed by atoms with E-state index in [0.29, 0.717) is 13.2 Å². The van der Waals surface area contributed by atoms with E-state index in [9.17, 15) is 8.42 Å². The van der Waals surface area contributed by atoms with Crippen LogP contribution in [0.2, 0.25) is 0 Å². The molecule has 1 aliphatic heterocycles. The Morgan fingerprint density at radius 1 is 1.62 bits per heavy atom. The van der Waals surface area contributed by atoms with Crippen molar-refractivity contribution in [1.29, 1.82) is 0 Å². The number of sulfonamides is 1. The van der Waals surface area contributed by atoms with Gasteiger partial charge in [0.25, 0.3) is 0 Å². The Kier molecular flexibility index (Phi) is 3.97. The molecule has 0 N–H and O–H groups in total. The van der Waals surface area contributed by atoms with Crippen LogP contribution in [0.5, 0.6) is 0 Å². The molecule has 0 aliphatic carbocycles. The zero-order valence-corrected chi connectivity index (χ0v) is 9.14. The van der Waals surface area contributed by atoms with Gasteiger partial charge in [-0.3, -0.25) is 0 Å². The smallest absolute Gasteiger partial charge is 0.215 e. The maximum Gasteiger partial charge on any atom is 0.215 e. The fourth-order valence-electron chi connectivity index (χ4n) is 1.28. The zero-order chi connectivity index (χ0) is 9.90. The van der Waals surface area contributed by atoms with Gasteiger partial charge >= 0.3 is 0 Å². The molecule has 0 aromatic heterocycles. The third-order valence-corrected chi connectivity index (χ3v) is 4.50. The Labute approximate surface area is 83.9 Å². The molecule has 1 fully saturated rings. The summed E-state index contributed by atoms with van der Waals surface area (Å²) in [4.78, 5) is 0. The van der Waals surface area contributed by atoms with Crippen molar-refractivity contribution in [2.75, 3.05) is 31.9 Å². The minimum absolute atomic E-state index is 0.00154. The van der Waals surface area contributed by atoms with Crippen molar-refractivity contribution in [1.82, 2.24) is 4.31 Å². The molecule has 0 spiro atoms. The molecule has 78 valence electrons. The lowest BCUT2D eigenvalue weighted by atomic mass is 10.3. The normalized spacial score (nSPS) is 24.1. The van der Waals surface area contributed by atoms with Crippen molar-refractivity contribution >= 4 is 21.6 Å². The minimum Gasteiger partial charge on any atom is -0.380 e. The first-order chi connectivity index (χ1) is 6.08. The van der Waals surface area contributed by atoms with E-state index >= 15 is 0 Å². The van der Waals surface area contributed by atoms with Crippen molar-refractivity contribution < 1.29 is 13.2 Å². The number of halogens is 1. The highest BCUT2D eigenvalue weighted by molar-refractivity contribution is 7.89. The highest BCUT2D eigenvalue weighted by Gasteiger charge is 2.28. The predicted octanol–water partition coefficient (Wildman–Crippen LogP) is 0.276. The monoisotopic (exact) mass is 227 g/mol. The van der Waals surface area contributed by atoms with Gasteiger partial charge in [-0.2, -0.15) is 4.31 Å². The Balaban J connectivity index is 2.59. The van der Waals surface area contributed by atoms with E-state index in [-0.39, 0.29) is 17.7 Å². The van der Waals surface area contributed by atoms with E-state index in [4.69, 9.17) is 16.3 Å². The van der Waals surface area contributed by atoms with Crippen LogP contribution >= 0.6 is 11.6 Å². The molecule has 0 aromatic carbocycles. The number of rotatable bonds is 4. The largest absolute Gasteiger partial charge is 0.380 e. The number of nitrogens with zero attached hydrogens (tertiary/aromatic N) is 1. The van der Waals surface area contributed by atoms with Gasteiger partial charge in [-0.25, -0.2) is 8.42 Å². The summed E-state index contributed by atoms with van der Waals surface area (Å²) in [5, 5.41) is 0. The molecular weight excluding hydrogens is 214 g/mol. The van der Waals surface area contributed by atoms with E-state index < -0.39 is 10.0 Å². The van der Waals surface area contributed by atoms with Gasteiger partial charge in [0.15, 0.2) is 0 Å². The van der Waals surface area contributed by atoms with Crippen molar-refractivity contribution in [2.24, 2.45) is 0 Å². The summed E-state index contributed by atoms with van der Waals surface area (Å²) in [6, 6.07) is -0.00628. The molecule has 1 atom stereocenters. The molecule has 0 saturated carbocycles. The van der Waals surface area contributed by atoms with Crippen LogP contribution in [0, 0.1) is 0 Å². The summed E-state index contributed by atoms with van der Waals surface area (Å²) in [7, 11) is -1.59. The Hall–Kier alpha value is 0.160. The van der Waals surface area contributed by atoms with Crippen LogP contribution in [0.3, 0.4) is 0 Å². The first-order valence-electron chi connectivity index (χ1n) is 4.17. The van der Waals surface area contributed by atoms with Gasteiger partial charge in [0.2, 0.25) is 10.0 Å². The third kappa shape index (κ3) is 2.80. The zero-order valence-electron chi connectivity index (χ0n) is 7.57. The standard InChI is InChI=1S/C7H14ClNO3S/c1-9(7-2-4-12-6-7)13(10,11)5-3-8/h7H,2-6H2,1H3. The van der Waals surface area contributed by atoms with Gasteiger partial charge in [-0.1, -0.05) is 0 Å². The number of ether oxygens (including phenoxy) is 1. The molecule has 1 unspecified atom stereocenters. The highest BCUT2D eigenvalue weighted by atomic mass is 35.5. The number of alkyl halides is 1. The van der Waals surface area contributed by atoms with Crippen molar-refractivity contribution in [3.63, 3.8) is 0 Å². The average Bonchev–Trinajstić information content (AvgIpc) is 2.54. The minimum atomic E-state index is -3.17. The summed E-state index contributed by atoms with van der Waals surface area (Å²) in [6.45, 7) is 1.14. The Bertz CT molecular complexity index is 248. The number of likely N-dealkylation sites (N-methyl/N-ethyl adjacent to an activating group) is 1. The second-order valence-electron chi connectivity index (χ2n) is 3.04. The Morgan fingerprint density at radius 2 is 2.31 bits per heavy atom. The van der Waals surface area contributed by atoms with Gasteiger partial charge in [0.05, 0.1) is 18.4 Å². The van der Waals surface area contributed by atoms with E-state index in [1.165, 1.54) is 4.31 Å². The van der Waals surface area contributed by atoms with Crippen LogP contribution in [0.1, 0.15) is 6.42 Å². The van der Waals surface area contributed by atoms with Gasteiger partial charge in [0.1, 0.15) is 0 Å². The summed E-state index contributed by atoms with van der Waals surface area (Å²) >= 11 is 5.40. The lowest BCUT2D eigenvalue weighted by molar-refractivity contribution is 0.181. The first-order valence-corrected chi connectivity index (χ1v) is 6.31. The third-order valence-electron chi connectivity index (χ3n) is 2.19. The molecule has 0 amide bonds. The molecule has 0 aromatic rings. The molecule has 0 radical (unpaired) electrons. The second kappa shape index (κ2) is 4.59. The van der Waals surface area contributed by atoms with E-state index in [1.807, 2.05) is 0 Å². The molecule has 0 bridgehead atoms. The number of hydrogen-bond acceptors (Lipinski definition) is 3. The van der Waals surface area contributed by atoms with Crippen LogP contribution in [0.15, 0.2) is 0 Å². The SMILES string of the molecule is CN(C1CCOC1)S(=O)(=O)CCCl. The van der Waals surface area contributed by atoms with Crippen LogP contribution < -0.4 is 0 Å². The van der Waals surface area contributed by atoms with Crippen LogP contribution in [-0.4, -0.2) is 50.7 Å². The topological polar surface area (TPSA) is 46.6 Å². The average molecular weight is 228 g/mol. The van der Waals surface area contributed by atoms with Crippen molar-refractivity contribution in [3.8, 4) is 0 Å². The molecule has 13 heavy (non-hydrogen) atoms. The molecule has 1 heterocycles. The molecule has 6 heteroatoms. The molecule has 1 saturated heterocycles. The van der Waals surface area contributed by atoms with Crippen molar-refractivity contribution in [2.45, 2.75) is 12.5 Å². The maximum absolute atomic E-state index is 11.5. The van der Waals surface area contributed by atoms with Crippen molar-refractivity contribution in [3.05, 3.63) is 0 Å². The van der Waals surface area contributed by atoms with Gasteiger partial charge < -0.3 is 4.74 Å². The first kappa shape index (κ1) is 11.2. The van der Waals surface area contributed by atoms with Crippen LogP contribution in [-0.2, 0) is 14.8 Å². The van der Waals surface area contributed by atoms with E-state index in [1.54, 1.807) is 7.05 Å². The van der Waals surface area contributed by atoms with Gasteiger partial charge in [-0.15, -0.1) is 11.6 Å². The van der Waals surface area contributed by atoms with E-state index in [2.05, 4.69) is 0 Å². The molecule has 4 nitrogen and oxygen atoms in total. The summed E-state index contributed by atoms with van der Waals surface area (Å²) in [6.07, 6.45) is 0.776. The molecule has 1 rings (SSSR count). The maximum atomic E-state index is 11.5. The van der Waals surface area contributed by atoms with Crippen LogP contribution in [0.4, 0.5) is 0 Å². The van der Waals surface area contributed by atoms with Gasteiger partial charge in [-0.05, 0) is 6.42 Å². The Morgan fingerprint density at radius 3 is 2.77 bits per heavy atom. The predicted molar refractivity (Wildman–Crippen MR) is 51.5 cm³/mol. The van der Waals surface area contributed by atoms with E-state index in [0.717, 1.165) is 6.42 Å². The number of hydrogen-bond donors (Lipinski definition) is 0. The fourth-order valence-corrected chi connectivity index (χ4v) is 2.97. The molecule has 1 aliphatic rings. The summed E-state index contributed by atoms with van der Waals surface area (Å²) in [5.41, 5.74) is 0. The summed E-state index contributed by atoms with van der Waals surface area (Å²) < 4.78 is 29.5. The van der Waals surface area contributed by atoms with Gasteiger partial charge in [0, 0.05) is 19.5 Å². The quantitative estimate of drug-likeness (QED) is 0.648. The summed E-state index contributed by atoms with van der Waals surface area (Å²) in [5.74, 6) is 0.141. The lowest BCUT2D eigenvalue weighted by Crippen LogP contribution is -2.39. The fraction of sp³-hybridized carbons (Fsp3) is 1.00. The lowest BCUT2D eigenvalue weighted by Gasteiger charge is -2.21. The molecular formula is C7H14ClNO3S. The van der Waals surface area contributed by atoms with Crippen LogP contribution in [0.25, 0.3) is 0 Å². The highest BCUT2D eigenvalue weighted by Crippen LogP contribution is 2.14. The second-order valence-corrected chi connectivity index (χ2v) is 5.56.